The summed E-state index contributed by atoms with van der Waals surface area (Å²) >= 11 is 0. The van der Waals surface area contributed by atoms with Crippen molar-refractivity contribution < 1.29 is 33.3 Å². The van der Waals surface area contributed by atoms with E-state index in [4.69, 9.17) is 18.9 Å². The van der Waals surface area contributed by atoms with Crippen LogP contribution in [0.15, 0.2) is 72.8 Å². The molecule has 284 valence electrons. The highest BCUT2D eigenvalue weighted by Gasteiger charge is 2.42. The van der Waals surface area contributed by atoms with E-state index in [2.05, 4.69) is 72.9 Å². The minimum atomic E-state index is -0.263. The quantitative estimate of drug-likeness (QED) is 0.0788. The van der Waals surface area contributed by atoms with Crippen LogP contribution in [0.4, 0.5) is 0 Å². The lowest BCUT2D eigenvalue weighted by atomic mass is 9.71. The molecular formula is C44H56N2O7. The molecule has 1 heterocycles. The van der Waals surface area contributed by atoms with Crippen molar-refractivity contribution in [2.24, 2.45) is 0 Å². The SMILES string of the molecule is COCCOCCCC1(CCCOCCOC)c2cc(C)ccc2-c2ccc(-c3ccc(CCCC(=O)NCCCCN4C(=O)C=CC4=O)cc3)cc21. The van der Waals surface area contributed by atoms with Gasteiger partial charge in [-0.25, -0.2) is 0 Å². The Bertz CT molecular complexity index is 1670. The monoisotopic (exact) mass is 724 g/mol. The fourth-order valence-corrected chi connectivity index (χ4v) is 7.57. The zero-order chi connectivity index (χ0) is 37.5. The van der Waals surface area contributed by atoms with Crippen LogP contribution in [0.5, 0.6) is 0 Å². The summed E-state index contributed by atoms with van der Waals surface area (Å²) in [6.07, 6.45) is 9.86. The van der Waals surface area contributed by atoms with Gasteiger partial charge >= 0.3 is 0 Å². The first-order valence-corrected chi connectivity index (χ1v) is 19.2. The number of methoxy groups -OCH3 is 2. The summed E-state index contributed by atoms with van der Waals surface area (Å²) in [7, 11) is 3.40. The molecule has 0 unspecified atom stereocenters. The average molecular weight is 725 g/mol. The van der Waals surface area contributed by atoms with Crippen molar-refractivity contribution in [2.75, 3.05) is 67.0 Å². The number of nitrogens with zero attached hydrogens (tertiary/aromatic N) is 1. The van der Waals surface area contributed by atoms with Crippen molar-refractivity contribution in [3.8, 4) is 22.3 Å². The van der Waals surface area contributed by atoms with Crippen molar-refractivity contribution in [1.29, 1.82) is 0 Å². The normalized spacial score (nSPS) is 14.2. The first-order valence-electron chi connectivity index (χ1n) is 19.2. The van der Waals surface area contributed by atoms with Crippen LogP contribution in [0.2, 0.25) is 0 Å². The van der Waals surface area contributed by atoms with Crippen LogP contribution in [-0.4, -0.2) is 89.6 Å². The molecule has 1 N–H and O–H groups in total. The number of fused-ring (bicyclic) bond motifs is 3. The molecule has 9 nitrogen and oxygen atoms in total. The number of hydrogen-bond acceptors (Lipinski definition) is 7. The summed E-state index contributed by atoms with van der Waals surface area (Å²) in [6, 6.07) is 22.6. The molecule has 0 saturated carbocycles. The van der Waals surface area contributed by atoms with Gasteiger partial charge in [0.05, 0.1) is 26.4 Å². The van der Waals surface area contributed by atoms with E-state index < -0.39 is 0 Å². The van der Waals surface area contributed by atoms with E-state index >= 15 is 0 Å². The predicted octanol–water partition coefficient (Wildman–Crippen LogP) is 6.96. The minimum absolute atomic E-state index is 0.0255. The molecule has 0 radical (unpaired) electrons. The number of benzene rings is 3. The average Bonchev–Trinajstić information content (AvgIpc) is 3.62. The highest BCUT2D eigenvalue weighted by Crippen LogP contribution is 2.54. The minimum Gasteiger partial charge on any atom is -0.382 e. The third kappa shape index (κ3) is 10.7. The lowest BCUT2D eigenvalue weighted by molar-refractivity contribution is -0.137. The van der Waals surface area contributed by atoms with Crippen LogP contribution < -0.4 is 5.32 Å². The standard InChI is InChI=1S/C44H56N2O7/c1-33-11-17-37-38-18-16-36(32-40(38)44(39(37)31-33,21-7-25-52-29-27-50-2)22-8-26-53-30-28-51-3)35-14-12-34(13-15-35)9-6-10-41(47)45-23-4-5-24-46-42(48)19-20-43(46)49/h11-20,31-32H,4-10,21-30H2,1-3H3,(H,45,47). The van der Waals surface area contributed by atoms with E-state index in [9.17, 15) is 14.4 Å². The number of unbranched alkanes of at least 4 members (excludes halogenated alkanes) is 1. The van der Waals surface area contributed by atoms with Gasteiger partial charge in [-0.15, -0.1) is 0 Å². The van der Waals surface area contributed by atoms with Gasteiger partial charge in [-0.3, -0.25) is 19.3 Å². The second kappa shape index (κ2) is 20.3. The van der Waals surface area contributed by atoms with Gasteiger partial charge in [-0.2, -0.15) is 0 Å². The third-order valence-electron chi connectivity index (χ3n) is 10.4. The van der Waals surface area contributed by atoms with E-state index in [0.29, 0.717) is 72.0 Å². The molecule has 0 fully saturated rings. The lowest BCUT2D eigenvalue weighted by Gasteiger charge is -2.33. The van der Waals surface area contributed by atoms with Gasteiger partial charge in [0.2, 0.25) is 5.91 Å². The van der Waals surface area contributed by atoms with Crippen LogP contribution in [0.1, 0.15) is 73.6 Å². The van der Waals surface area contributed by atoms with Gasteiger partial charge in [0, 0.05) is 64.5 Å². The summed E-state index contributed by atoms with van der Waals surface area (Å²) in [5.74, 6) is -0.501. The van der Waals surface area contributed by atoms with Crippen LogP contribution >= 0.6 is 0 Å². The predicted molar refractivity (Wildman–Crippen MR) is 208 cm³/mol. The molecule has 9 heteroatoms. The van der Waals surface area contributed by atoms with Gasteiger partial charge in [0.1, 0.15) is 0 Å². The molecule has 1 aliphatic heterocycles. The fraction of sp³-hybridized carbons (Fsp3) is 0.477. The van der Waals surface area contributed by atoms with Crippen LogP contribution in [0, 0.1) is 6.92 Å². The maximum atomic E-state index is 12.4. The Labute approximate surface area is 315 Å². The first-order chi connectivity index (χ1) is 25.9. The second-order valence-electron chi connectivity index (χ2n) is 14.1. The Hall–Kier alpha value is -4.15. The lowest BCUT2D eigenvalue weighted by Crippen LogP contribution is -2.31. The van der Waals surface area contributed by atoms with Gasteiger partial charge in [0.25, 0.3) is 11.8 Å². The van der Waals surface area contributed by atoms with Crippen molar-refractivity contribution in [3.05, 3.63) is 95.1 Å². The second-order valence-corrected chi connectivity index (χ2v) is 14.1. The Morgan fingerprint density at radius 3 is 1.92 bits per heavy atom. The number of carbonyl (C=O) groups excluding carboxylic acids is 3. The number of rotatable bonds is 24. The summed E-state index contributed by atoms with van der Waals surface area (Å²) < 4.78 is 22.2. The maximum absolute atomic E-state index is 12.4. The van der Waals surface area contributed by atoms with Crippen molar-refractivity contribution in [2.45, 2.75) is 70.1 Å². The molecule has 1 aliphatic carbocycles. The van der Waals surface area contributed by atoms with Crippen molar-refractivity contribution in [3.63, 3.8) is 0 Å². The molecule has 0 atom stereocenters. The number of imide groups is 1. The number of hydrogen-bond donors (Lipinski definition) is 1. The maximum Gasteiger partial charge on any atom is 0.253 e. The summed E-state index contributed by atoms with van der Waals surface area (Å²) in [5.41, 5.74) is 10.1. The molecule has 0 bridgehead atoms. The number of aryl methyl sites for hydroxylation is 2. The topological polar surface area (TPSA) is 103 Å². The van der Waals surface area contributed by atoms with E-state index in [-0.39, 0.29) is 23.1 Å². The van der Waals surface area contributed by atoms with Crippen LogP contribution in [0.3, 0.4) is 0 Å². The van der Waals surface area contributed by atoms with Gasteiger partial charge in [-0.1, -0.05) is 60.2 Å². The Balaban J connectivity index is 1.21. The number of amides is 3. The van der Waals surface area contributed by atoms with Crippen LogP contribution in [0.25, 0.3) is 22.3 Å². The van der Waals surface area contributed by atoms with Gasteiger partial charge < -0.3 is 24.3 Å². The Kier molecular flexibility index (Phi) is 15.4. The molecule has 53 heavy (non-hydrogen) atoms. The summed E-state index contributed by atoms with van der Waals surface area (Å²) in [4.78, 5) is 37.0. The molecular weight excluding hydrogens is 668 g/mol. The van der Waals surface area contributed by atoms with Gasteiger partial charge in [-0.05, 0) is 103 Å². The summed E-state index contributed by atoms with van der Waals surface area (Å²) in [6.45, 7) is 6.88. The zero-order valence-corrected chi connectivity index (χ0v) is 31.8. The molecule has 3 amide bonds. The van der Waals surface area contributed by atoms with E-state index in [1.165, 1.54) is 61.6 Å². The van der Waals surface area contributed by atoms with E-state index in [1.54, 1.807) is 14.2 Å². The Morgan fingerprint density at radius 1 is 0.679 bits per heavy atom. The number of carbonyl (C=O) groups is 3. The van der Waals surface area contributed by atoms with Crippen LogP contribution in [-0.2, 0) is 45.2 Å². The van der Waals surface area contributed by atoms with Crippen molar-refractivity contribution in [1.82, 2.24) is 10.2 Å². The molecule has 3 aromatic rings. The number of nitrogens with one attached hydrogen (secondary N) is 1. The smallest absolute Gasteiger partial charge is 0.253 e. The molecule has 0 saturated heterocycles. The third-order valence-corrected chi connectivity index (χ3v) is 10.4. The molecule has 5 rings (SSSR count). The molecule has 0 spiro atoms. The number of ether oxygens (including phenoxy) is 4. The van der Waals surface area contributed by atoms with Crippen molar-refractivity contribution >= 4 is 17.7 Å². The molecule has 3 aromatic carbocycles. The Morgan fingerprint density at radius 2 is 1.28 bits per heavy atom. The summed E-state index contributed by atoms with van der Waals surface area (Å²) in [5, 5.41) is 2.96. The van der Waals surface area contributed by atoms with Gasteiger partial charge in [0.15, 0.2) is 0 Å². The molecule has 0 aromatic heterocycles. The zero-order valence-electron chi connectivity index (χ0n) is 31.8. The largest absolute Gasteiger partial charge is 0.382 e. The highest BCUT2D eigenvalue weighted by molar-refractivity contribution is 6.12. The molecule has 2 aliphatic rings. The first kappa shape index (κ1) is 40.0. The highest BCUT2D eigenvalue weighted by atomic mass is 16.5. The van der Waals surface area contributed by atoms with E-state index in [1.807, 2.05) is 0 Å². The van der Waals surface area contributed by atoms with E-state index in [0.717, 1.165) is 38.5 Å². The fourth-order valence-electron chi connectivity index (χ4n) is 7.57.